The van der Waals surface area contributed by atoms with E-state index in [2.05, 4.69) is 66.3 Å². The van der Waals surface area contributed by atoms with Gasteiger partial charge in [-0.25, -0.2) is 4.98 Å². The fourth-order valence-corrected chi connectivity index (χ4v) is 3.97. The van der Waals surface area contributed by atoms with Gasteiger partial charge >= 0.3 is 0 Å². The minimum atomic E-state index is 0.464. The number of thiazole rings is 1. The first-order valence-corrected chi connectivity index (χ1v) is 8.75. The van der Waals surface area contributed by atoms with Gasteiger partial charge in [-0.2, -0.15) is 0 Å². The van der Waals surface area contributed by atoms with Crippen molar-refractivity contribution in [1.82, 2.24) is 14.7 Å². The fraction of sp³-hybridized carbons (Fsp3) is 0.312. The van der Waals surface area contributed by atoms with E-state index in [-0.39, 0.29) is 0 Å². The number of imidazole rings is 1. The lowest BCUT2D eigenvalue weighted by atomic mass is 10.2. The van der Waals surface area contributed by atoms with Crippen molar-refractivity contribution >= 4 is 28.1 Å². The molecule has 3 rings (SSSR count). The summed E-state index contributed by atoms with van der Waals surface area (Å²) in [5.74, 6) is 0. The van der Waals surface area contributed by atoms with Crippen LogP contribution in [0.3, 0.4) is 0 Å². The van der Waals surface area contributed by atoms with Gasteiger partial charge in [0.05, 0.1) is 5.69 Å². The highest BCUT2D eigenvalue weighted by atomic mass is 32.2. The molecule has 0 spiro atoms. The van der Waals surface area contributed by atoms with Crippen LogP contribution in [-0.2, 0) is 6.54 Å². The Hall–Kier alpha value is -1.30. The number of hydrogen-bond donors (Lipinski definition) is 1. The van der Waals surface area contributed by atoms with Crippen molar-refractivity contribution < 1.29 is 0 Å². The minimum absolute atomic E-state index is 0.464. The van der Waals surface area contributed by atoms with Crippen molar-refractivity contribution in [3.8, 4) is 0 Å². The van der Waals surface area contributed by atoms with Gasteiger partial charge in [0.25, 0.3) is 0 Å². The van der Waals surface area contributed by atoms with Crippen molar-refractivity contribution in [2.24, 2.45) is 0 Å². The second-order valence-corrected chi connectivity index (χ2v) is 7.31. The summed E-state index contributed by atoms with van der Waals surface area (Å²) in [5.41, 5.74) is 2.52. The summed E-state index contributed by atoms with van der Waals surface area (Å²) in [6.45, 7) is 7.29. The van der Waals surface area contributed by atoms with Crippen LogP contribution < -0.4 is 5.32 Å². The van der Waals surface area contributed by atoms with Gasteiger partial charge < -0.3 is 5.32 Å². The molecule has 0 aliphatic rings. The molecule has 110 valence electrons. The largest absolute Gasteiger partial charge is 0.309 e. The summed E-state index contributed by atoms with van der Waals surface area (Å²) in [7, 11) is 0. The average molecular weight is 317 g/mol. The SMILES string of the molecule is Cc1cccc(Sc2nc3sccn3c2CNC(C)C)c1. The Kier molecular flexibility index (Phi) is 4.33. The van der Waals surface area contributed by atoms with Crippen molar-refractivity contribution in [1.29, 1.82) is 0 Å². The molecule has 0 bridgehead atoms. The standard InChI is InChI=1S/C16H19N3S2/c1-11(2)17-10-14-15(18-16-19(14)7-8-20-16)21-13-6-4-5-12(3)9-13/h4-9,11,17H,10H2,1-3H3. The highest BCUT2D eigenvalue weighted by Crippen LogP contribution is 2.32. The molecule has 1 aromatic carbocycles. The van der Waals surface area contributed by atoms with Crippen LogP contribution in [0, 0.1) is 6.92 Å². The van der Waals surface area contributed by atoms with Crippen LogP contribution in [0.4, 0.5) is 0 Å². The van der Waals surface area contributed by atoms with Gasteiger partial charge in [0.15, 0.2) is 4.96 Å². The van der Waals surface area contributed by atoms with E-state index in [0.717, 1.165) is 16.5 Å². The predicted octanol–water partition coefficient (Wildman–Crippen LogP) is 4.35. The molecule has 5 heteroatoms. The van der Waals surface area contributed by atoms with Gasteiger partial charge in [0.2, 0.25) is 0 Å². The van der Waals surface area contributed by atoms with E-state index in [9.17, 15) is 0 Å². The second-order valence-electron chi connectivity index (χ2n) is 5.37. The van der Waals surface area contributed by atoms with Crippen molar-refractivity contribution in [2.45, 2.75) is 43.3 Å². The second kappa shape index (κ2) is 6.22. The number of fused-ring (bicyclic) bond motifs is 1. The zero-order chi connectivity index (χ0) is 14.8. The number of hydrogen-bond acceptors (Lipinski definition) is 4. The van der Waals surface area contributed by atoms with Gasteiger partial charge in [-0.15, -0.1) is 11.3 Å². The highest BCUT2D eigenvalue weighted by molar-refractivity contribution is 7.99. The van der Waals surface area contributed by atoms with E-state index in [1.165, 1.54) is 16.2 Å². The maximum atomic E-state index is 4.78. The van der Waals surface area contributed by atoms with Crippen LogP contribution in [0.5, 0.6) is 0 Å². The molecule has 21 heavy (non-hydrogen) atoms. The van der Waals surface area contributed by atoms with Crippen LogP contribution in [0.15, 0.2) is 45.8 Å². The lowest BCUT2D eigenvalue weighted by Crippen LogP contribution is -2.22. The third-order valence-corrected chi connectivity index (χ3v) is 4.97. The van der Waals surface area contributed by atoms with Gasteiger partial charge in [-0.05, 0) is 19.1 Å². The third-order valence-electron chi connectivity index (χ3n) is 3.21. The smallest absolute Gasteiger partial charge is 0.194 e. The number of aromatic nitrogens is 2. The first-order chi connectivity index (χ1) is 10.1. The summed E-state index contributed by atoms with van der Waals surface area (Å²) >= 11 is 3.43. The monoisotopic (exact) mass is 317 g/mol. The van der Waals surface area contributed by atoms with E-state index in [4.69, 9.17) is 4.98 Å². The molecule has 2 heterocycles. The summed E-state index contributed by atoms with van der Waals surface area (Å²) < 4.78 is 2.19. The molecule has 0 atom stereocenters. The first kappa shape index (κ1) is 14.6. The minimum Gasteiger partial charge on any atom is -0.309 e. The van der Waals surface area contributed by atoms with Gasteiger partial charge in [-0.1, -0.05) is 43.3 Å². The van der Waals surface area contributed by atoms with E-state index in [1.807, 2.05) is 0 Å². The van der Waals surface area contributed by atoms with E-state index in [1.54, 1.807) is 23.1 Å². The Balaban J connectivity index is 1.93. The normalized spacial score (nSPS) is 11.6. The van der Waals surface area contributed by atoms with E-state index in [0.29, 0.717) is 6.04 Å². The van der Waals surface area contributed by atoms with Gasteiger partial charge in [0.1, 0.15) is 5.03 Å². The first-order valence-electron chi connectivity index (χ1n) is 7.06. The lowest BCUT2D eigenvalue weighted by Gasteiger charge is -2.09. The van der Waals surface area contributed by atoms with E-state index < -0.39 is 0 Å². The van der Waals surface area contributed by atoms with Crippen molar-refractivity contribution in [2.75, 3.05) is 0 Å². The average Bonchev–Trinajstić information content (AvgIpc) is 2.97. The molecule has 0 aliphatic carbocycles. The molecule has 0 radical (unpaired) electrons. The molecule has 2 aromatic heterocycles. The molecule has 0 amide bonds. The third kappa shape index (κ3) is 3.31. The number of nitrogens with one attached hydrogen (secondary N) is 1. The zero-order valence-electron chi connectivity index (χ0n) is 12.5. The Bertz CT molecular complexity index is 743. The lowest BCUT2D eigenvalue weighted by molar-refractivity contribution is 0.574. The molecular weight excluding hydrogens is 298 g/mol. The maximum Gasteiger partial charge on any atom is 0.194 e. The number of aryl methyl sites for hydroxylation is 1. The fourth-order valence-electron chi connectivity index (χ4n) is 2.15. The molecule has 0 fully saturated rings. The van der Waals surface area contributed by atoms with Crippen molar-refractivity contribution in [3.05, 3.63) is 47.1 Å². The highest BCUT2D eigenvalue weighted by Gasteiger charge is 2.14. The molecule has 0 unspecified atom stereocenters. The van der Waals surface area contributed by atoms with Gasteiger partial charge in [-0.3, -0.25) is 4.40 Å². The summed E-state index contributed by atoms with van der Waals surface area (Å²) in [5, 5.41) is 6.68. The van der Waals surface area contributed by atoms with Crippen LogP contribution in [0.25, 0.3) is 4.96 Å². The molecule has 3 nitrogen and oxygen atoms in total. The Morgan fingerprint density at radius 2 is 2.24 bits per heavy atom. The molecule has 0 saturated heterocycles. The number of nitrogens with zero attached hydrogens (tertiary/aromatic N) is 2. The Labute approximate surface area is 133 Å². The van der Waals surface area contributed by atoms with Gasteiger partial charge in [0, 0.05) is 29.1 Å². The molecule has 0 saturated carbocycles. The van der Waals surface area contributed by atoms with Crippen LogP contribution in [0.1, 0.15) is 25.1 Å². The van der Waals surface area contributed by atoms with Crippen LogP contribution in [-0.4, -0.2) is 15.4 Å². The quantitative estimate of drug-likeness (QED) is 0.758. The Morgan fingerprint density at radius 3 is 3.00 bits per heavy atom. The Morgan fingerprint density at radius 1 is 1.38 bits per heavy atom. The molecule has 1 N–H and O–H groups in total. The maximum absolute atomic E-state index is 4.78. The van der Waals surface area contributed by atoms with Crippen molar-refractivity contribution in [3.63, 3.8) is 0 Å². The molecule has 0 aliphatic heterocycles. The predicted molar refractivity (Wildman–Crippen MR) is 90.3 cm³/mol. The summed E-state index contributed by atoms with van der Waals surface area (Å²) in [6, 6.07) is 9.04. The summed E-state index contributed by atoms with van der Waals surface area (Å²) in [6.07, 6.45) is 2.10. The molecule has 3 aromatic rings. The van der Waals surface area contributed by atoms with E-state index >= 15 is 0 Å². The van der Waals surface area contributed by atoms with Crippen LogP contribution >= 0.6 is 23.1 Å². The number of rotatable bonds is 5. The summed E-state index contributed by atoms with van der Waals surface area (Å²) in [4.78, 5) is 7.08. The topological polar surface area (TPSA) is 29.3 Å². The zero-order valence-corrected chi connectivity index (χ0v) is 14.1. The molecular formula is C16H19N3S2. The number of benzene rings is 1. The van der Waals surface area contributed by atoms with Crippen LogP contribution in [0.2, 0.25) is 0 Å².